The van der Waals surface area contributed by atoms with E-state index in [1.807, 2.05) is 60.9 Å². The van der Waals surface area contributed by atoms with Crippen LogP contribution in [-0.4, -0.2) is 40.0 Å². The van der Waals surface area contributed by atoms with Gasteiger partial charge < -0.3 is 10.1 Å². The molecule has 3 aromatic rings. The highest BCUT2D eigenvalue weighted by Crippen LogP contribution is 2.37. The van der Waals surface area contributed by atoms with Crippen molar-refractivity contribution in [1.82, 2.24) is 20.1 Å². The number of amides is 1. The largest absolute Gasteiger partial charge is 0.497 e. The van der Waals surface area contributed by atoms with Crippen molar-refractivity contribution < 1.29 is 9.53 Å². The minimum absolute atomic E-state index is 0.0997. The van der Waals surface area contributed by atoms with Gasteiger partial charge in [0.1, 0.15) is 17.6 Å². The first-order chi connectivity index (χ1) is 16.0. The molecule has 0 aliphatic carbocycles. The lowest BCUT2D eigenvalue weighted by Gasteiger charge is -2.21. The Morgan fingerprint density at radius 3 is 2.70 bits per heavy atom. The Labute approximate surface area is 198 Å². The lowest BCUT2D eigenvalue weighted by Crippen LogP contribution is -2.34. The average molecular weight is 464 g/mol. The molecule has 0 radical (unpaired) electrons. The number of rotatable bonds is 7. The number of hydrogen-bond acceptors (Lipinski definition) is 5. The quantitative estimate of drug-likeness (QED) is 0.524. The van der Waals surface area contributed by atoms with Crippen molar-refractivity contribution in [3.8, 4) is 11.4 Å². The van der Waals surface area contributed by atoms with Gasteiger partial charge in [-0.3, -0.25) is 14.4 Å². The molecule has 0 spiro atoms. The number of nitrogens with zero attached hydrogens (tertiary/aromatic N) is 4. The summed E-state index contributed by atoms with van der Waals surface area (Å²) in [5.41, 5.74) is 3.34. The van der Waals surface area contributed by atoms with Gasteiger partial charge in [0, 0.05) is 22.7 Å². The van der Waals surface area contributed by atoms with Crippen molar-refractivity contribution in [2.75, 3.05) is 13.7 Å². The van der Waals surface area contributed by atoms with Crippen molar-refractivity contribution in [2.24, 2.45) is 10.9 Å². The normalized spacial score (nSPS) is 15.5. The predicted molar refractivity (Wildman–Crippen MR) is 129 cm³/mol. The van der Waals surface area contributed by atoms with Crippen LogP contribution in [0, 0.1) is 12.8 Å². The summed E-state index contributed by atoms with van der Waals surface area (Å²) in [5.74, 6) is 1.43. The first kappa shape index (κ1) is 22.7. The summed E-state index contributed by atoms with van der Waals surface area (Å²) in [6.07, 6.45) is 2.19. The fraction of sp³-hybridized carbons (Fsp3) is 0.280. The number of nitrogens with one attached hydrogen (secondary N) is 1. The van der Waals surface area contributed by atoms with E-state index in [0.717, 1.165) is 22.5 Å². The second-order valence-corrected chi connectivity index (χ2v) is 8.22. The van der Waals surface area contributed by atoms with Gasteiger partial charge in [-0.25, -0.2) is 0 Å². The maximum absolute atomic E-state index is 13.1. The van der Waals surface area contributed by atoms with E-state index < -0.39 is 12.0 Å². The van der Waals surface area contributed by atoms with Crippen LogP contribution >= 0.6 is 11.6 Å². The molecule has 1 aromatic heterocycles. The fourth-order valence-electron chi connectivity index (χ4n) is 4.13. The number of aromatic nitrogens is 3. The van der Waals surface area contributed by atoms with Gasteiger partial charge in [0.05, 0.1) is 24.4 Å². The molecule has 1 amide bonds. The fourth-order valence-corrected chi connectivity index (χ4v) is 4.26. The lowest BCUT2D eigenvalue weighted by atomic mass is 9.94. The predicted octanol–water partition coefficient (Wildman–Crippen LogP) is 4.46. The highest BCUT2D eigenvalue weighted by Gasteiger charge is 2.36. The molecule has 1 aliphatic rings. The number of methoxy groups -OCH3 is 1. The Hall–Kier alpha value is -3.45. The van der Waals surface area contributed by atoms with Gasteiger partial charge in [-0.1, -0.05) is 29.8 Å². The summed E-state index contributed by atoms with van der Waals surface area (Å²) in [4.78, 5) is 18.3. The van der Waals surface area contributed by atoms with Gasteiger partial charge in [0.25, 0.3) is 0 Å². The third-order valence-corrected chi connectivity index (χ3v) is 5.94. The van der Waals surface area contributed by atoms with Crippen LogP contribution in [-0.2, 0) is 4.79 Å². The minimum atomic E-state index is -0.570. The number of fused-ring (bicyclic) bond motifs is 3. The van der Waals surface area contributed by atoms with E-state index in [2.05, 4.69) is 22.1 Å². The van der Waals surface area contributed by atoms with E-state index >= 15 is 0 Å². The molecular formula is C25H26ClN5O2. The van der Waals surface area contributed by atoms with Gasteiger partial charge in [-0.15, -0.1) is 16.8 Å². The molecule has 0 bridgehead atoms. The number of hydrogen-bond donors (Lipinski definition) is 1. The summed E-state index contributed by atoms with van der Waals surface area (Å²) < 4.78 is 7.49. The molecule has 0 fully saturated rings. The molecular weight excluding hydrogens is 438 g/mol. The zero-order valence-corrected chi connectivity index (χ0v) is 19.6. The van der Waals surface area contributed by atoms with E-state index in [9.17, 15) is 4.79 Å². The van der Waals surface area contributed by atoms with E-state index in [1.54, 1.807) is 13.2 Å². The summed E-state index contributed by atoms with van der Waals surface area (Å²) in [5, 5.41) is 12.4. The van der Waals surface area contributed by atoms with Crippen LogP contribution in [0.3, 0.4) is 0 Å². The molecule has 0 saturated carbocycles. The van der Waals surface area contributed by atoms with Crippen LogP contribution in [0.5, 0.6) is 5.75 Å². The summed E-state index contributed by atoms with van der Waals surface area (Å²) in [6.45, 7) is 8.18. The molecule has 2 heterocycles. The average Bonchev–Trinajstić information content (AvgIpc) is 3.13. The first-order valence-electron chi connectivity index (χ1n) is 10.8. The number of aliphatic imine (C=N–C) groups is 1. The van der Waals surface area contributed by atoms with Crippen LogP contribution in [0.15, 0.2) is 60.1 Å². The minimum Gasteiger partial charge on any atom is -0.497 e. The number of halogens is 1. The Bertz CT molecular complexity index is 1220. The molecule has 2 aromatic carbocycles. The number of carbonyl (C=O) groups is 1. The zero-order chi connectivity index (χ0) is 23.5. The highest BCUT2D eigenvalue weighted by atomic mass is 35.5. The molecule has 1 N–H and O–H groups in total. The van der Waals surface area contributed by atoms with Crippen LogP contribution in [0.2, 0.25) is 5.02 Å². The Morgan fingerprint density at radius 1 is 1.27 bits per heavy atom. The van der Waals surface area contributed by atoms with E-state index in [4.69, 9.17) is 21.3 Å². The van der Waals surface area contributed by atoms with E-state index in [-0.39, 0.29) is 5.91 Å². The van der Waals surface area contributed by atoms with Crippen LogP contribution in [0.25, 0.3) is 5.69 Å². The number of ether oxygens (including phenoxy) is 1. The molecule has 0 saturated heterocycles. The highest BCUT2D eigenvalue weighted by molar-refractivity contribution is 6.30. The number of allylic oxidation sites excluding steroid dienone is 1. The van der Waals surface area contributed by atoms with Gasteiger partial charge in [-0.05, 0) is 50.6 Å². The molecule has 33 heavy (non-hydrogen) atoms. The van der Waals surface area contributed by atoms with Crippen molar-refractivity contribution in [1.29, 1.82) is 0 Å². The van der Waals surface area contributed by atoms with Gasteiger partial charge in [0.15, 0.2) is 5.82 Å². The summed E-state index contributed by atoms with van der Waals surface area (Å²) >= 11 is 6.16. The number of benzene rings is 2. The van der Waals surface area contributed by atoms with Crippen molar-refractivity contribution >= 4 is 23.2 Å². The SMILES string of the molecule is C=CC[C@@H](C(=O)NCC)[C@@H]1N=C(c2ccc(Cl)cc2)c2cc(OC)ccc2-n2c(C)nnc21. The Kier molecular flexibility index (Phi) is 6.60. The number of aryl methyl sites for hydroxylation is 1. The third-order valence-electron chi connectivity index (χ3n) is 5.69. The smallest absolute Gasteiger partial charge is 0.226 e. The molecule has 1 aliphatic heterocycles. The second-order valence-electron chi connectivity index (χ2n) is 7.78. The van der Waals surface area contributed by atoms with Crippen LogP contribution < -0.4 is 10.1 Å². The maximum Gasteiger partial charge on any atom is 0.226 e. The third kappa shape index (κ3) is 4.28. The molecule has 2 atom stereocenters. The van der Waals surface area contributed by atoms with Crippen LogP contribution in [0.4, 0.5) is 0 Å². The molecule has 0 unspecified atom stereocenters. The molecule has 4 rings (SSSR count). The van der Waals surface area contributed by atoms with Crippen LogP contribution in [0.1, 0.15) is 42.2 Å². The van der Waals surface area contributed by atoms with E-state index in [0.29, 0.717) is 35.4 Å². The van der Waals surface area contributed by atoms with Crippen molar-refractivity contribution in [3.63, 3.8) is 0 Å². The zero-order valence-electron chi connectivity index (χ0n) is 18.9. The number of carbonyl (C=O) groups excluding carboxylic acids is 1. The lowest BCUT2D eigenvalue weighted by molar-refractivity contribution is -0.125. The summed E-state index contributed by atoms with van der Waals surface area (Å²) in [6, 6.07) is 12.8. The molecule has 7 nitrogen and oxygen atoms in total. The summed E-state index contributed by atoms with van der Waals surface area (Å²) in [7, 11) is 1.63. The maximum atomic E-state index is 13.1. The Balaban J connectivity index is 2.02. The topological polar surface area (TPSA) is 81.4 Å². The standard InChI is InChI=1S/C25H26ClN5O2/c1-5-7-19(25(32)27-6-2)23-24-30-29-15(3)31(24)21-13-12-18(33-4)14-20(21)22(28-23)16-8-10-17(26)11-9-16/h5,8-14,19,23H,1,6-7H2,2-4H3,(H,27,32)/t19-,23+/m1/s1. The first-order valence-corrected chi connectivity index (χ1v) is 11.2. The molecule has 8 heteroatoms. The molecule has 170 valence electrons. The van der Waals surface area contributed by atoms with E-state index in [1.165, 1.54) is 0 Å². The van der Waals surface area contributed by atoms with Crippen molar-refractivity contribution in [3.05, 3.63) is 82.9 Å². The monoisotopic (exact) mass is 463 g/mol. The van der Waals surface area contributed by atoms with Gasteiger partial charge in [-0.2, -0.15) is 0 Å². The van der Waals surface area contributed by atoms with Gasteiger partial charge >= 0.3 is 0 Å². The van der Waals surface area contributed by atoms with Crippen molar-refractivity contribution in [2.45, 2.75) is 26.3 Å². The Morgan fingerprint density at radius 2 is 2.03 bits per heavy atom. The van der Waals surface area contributed by atoms with Gasteiger partial charge in [0.2, 0.25) is 5.91 Å². The second kappa shape index (κ2) is 9.58.